The average molecular weight is 334 g/mol. The molecule has 0 heterocycles. The molecule has 0 aliphatic carbocycles. The lowest BCUT2D eigenvalue weighted by molar-refractivity contribution is -0.116. The van der Waals surface area contributed by atoms with Crippen LogP contribution in [0, 0.1) is 0 Å². The summed E-state index contributed by atoms with van der Waals surface area (Å²) in [6.07, 6.45) is 0.909. The van der Waals surface area contributed by atoms with Gasteiger partial charge in [-0.1, -0.05) is 48.5 Å². The van der Waals surface area contributed by atoms with Gasteiger partial charge >= 0.3 is 0 Å². The minimum atomic E-state index is -0.555. The number of aryl methyl sites for hydroxylation is 1. The number of fused-ring (bicyclic) bond motifs is 1. The van der Waals surface area contributed by atoms with Gasteiger partial charge in [-0.2, -0.15) is 0 Å². The van der Waals surface area contributed by atoms with E-state index in [0.717, 1.165) is 22.0 Å². The van der Waals surface area contributed by atoms with E-state index in [1.807, 2.05) is 42.5 Å². The second kappa shape index (κ2) is 7.59. The molecule has 0 aromatic heterocycles. The predicted octanol–water partition coefficient (Wildman–Crippen LogP) is 3.53. The highest BCUT2D eigenvalue weighted by Crippen LogP contribution is 2.23. The van der Waals surface area contributed by atoms with Crippen molar-refractivity contribution in [3.63, 3.8) is 0 Å². The predicted molar refractivity (Wildman–Crippen MR) is 96.6 cm³/mol. The van der Waals surface area contributed by atoms with E-state index in [9.17, 15) is 9.59 Å². The number of nitrogens with one attached hydrogen (secondary N) is 2. The van der Waals surface area contributed by atoms with Gasteiger partial charge in [0.2, 0.25) is 5.91 Å². The molecule has 126 valence electrons. The molecule has 0 bridgehead atoms. The van der Waals surface area contributed by atoms with E-state index in [4.69, 9.17) is 5.21 Å². The number of rotatable bonds is 5. The zero-order valence-electron chi connectivity index (χ0n) is 13.5. The van der Waals surface area contributed by atoms with Crippen LogP contribution >= 0.6 is 0 Å². The third-order valence-corrected chi connectivity index (χ3v) is 4.02. The molecule has 5 heteroatoms. The number of amides is 2. The van der Waals surface area contributed by atoms with Crippen molar-refractivity contribution in [2.45, 2.75) is 12.8 Å². The third kappa shape index (κ3) is 4.02. The lowest BCUT2D eigenvalue weighted by Crippen LogP contribution is -2.18. The fraction of sp³-hybridized carbons (Fsp3) is 0.100. The molecule has 0 aliphatic heterocycles. The van der Waals surface area contributed by atoms with Crippen LogP contribution in [-0.2, 0) is 11.2 Å². The zero-order valence-corrected chi connectivity index (χ0v) is 13.5. The minimum Gasteiger partial charge on any atom is -0.326 e. The van der Waals surface area contributed by atoms with Crippen LogP contribution in [0.5, 0.6) is 0 Å². The van der Waals surface area contributed by atoms with E-state index in [1.54, 1.807) is 29.7 Å². The molecule has 0 aliphatic rings. The van der Waals surface area contributed by atoms with Gasteiger partial charge in [-0.3, -0.25) is 14.8 Å². The number of hydrogen-bond acceptors (Lipinski definition) is 3. The molecule has 0 spiro atoms. The lowest BCUT2D eigenvalue weighted by atomic mass is 10.1. The van der Waals surface area contributed by atoms with Gasteiger partial charge in [0.25, 0.3) is 5.91 Å². The normalized spacial score (nSPS) is 10.4. The summed E-state index contributed by atoms with van der Waals surface area (Å²) >= 11 is 0. The van der Waals surface area contributed by atoms with Crippen molar-refractivity contribution in [3.05, 3.63) is 77.9 Å². The number of hydrogen-bond donors (Lipinski definition) is 3. The molecule has 3 N–H and O–H groups in total. The Kier molecular flexibility index (Phi) is 5.06. The summed E-state index contributed by atoms with van der Waals surface area (Å²) in [5.74, 6) is -0.617. The van der Waals surface area contributed by atoms with Gasteiger partial charge in [-0.15, -0.1) is 0 Å². The highest BCUT2D eigenvalue weighted by Gasteiger charge is 2.07. The van der Waals surface area contributed by atoms with Crippen molar-refractivity contribution < 1.29 is 14.8 Å². The Hall–Kier alpha value is -3.18. The van der Waals surface area contributed by atoms with Crippen molar-refractivity contribution in [2.24, 2.45) is 0 Å². The second-order valence-electron chi connectivity index (χ2n) is 5.71. The topological polar surface area (TPSA) is 78.4 Å². The Labute approximate surface area is 145 Å². The Bertz CT molecular complexity index is 899. The molecule has 0 atom stereocenters. The molecular weight excluding hydrogens is 316 g/mol. The molecular formula is C20H18N2O3. The van der Waals surface area contributed by atoms with E-state index >= 15 is 0 Å². The van der Waals surface area contributed by atoms with E-state index < -0.39 is 5.91 Å². The van der Waals surface area contributed by atoms with Gasteiger partial charge in [0.15, 0.2) is 0 Å². The minimum absolute atomic E-state index is 0.0615. The number of benzene rings is 3. The van der Waals surface area contributed by atoms with Crippen LogP contribution in [-0.4, -0.2) is 17.0 Å². The first-order chi connectivity index (χ1) is 12.2. The van der Waals surface area contributed by atoms with Crippen LogP contribution in [0.15, 0.2) is 66.7 Å². The van der Waals surface area contributed by atoms with Crippen LogP contribution < -0.4 is 10.8 Å². The first-order valence-corrected chi connectivity index (χ1v) is 7.98. The third-order valence-electron chi connectivity index (χ3n) is 4.02. The van der Waals surface area contributed by atoms with Gasteiger partial charge in [-0.25, -0.2) is 5.48 Å². The molecule has 0 fully saturated rings. The first kappa shape index (κ1) is 16.7. The number of carbonyl (C=O) groups excluding carboxylic acids is 2. The molecule has 3 rings (SSSR count). The lowest BCUT2D eigenvalue weighted by Gasteiger charge is -2.09. The maximum absolute atomic E-state index is 12.2. The smallest absolute Gasteiger partial charge is 0.274 e. The van der Waals surface area contributed by atoms with Crippen LogP contribution in [0.2, 0.25) is 0 Å². The van der Waals surface area contributed by atoms with Gasteiger partial charge in [0.1, 0.15) is 0 Å². The summed E-state index contributed by atoms with van der Waals surface area (Å²) in [7, 11) is 0. The molecule has 0 saturated carbocycles. The Morgan fingerprint density at radius 3 is 2.36 bits per heavy atom. The fourth-order valence-corrected chi connectivity index (χ4v) is 2.69. The van der Waals surface area contributed by atoms with Crippen molar-refractivity contribution in [1.82, 2.24) is 5.48 Å². The summed E-state index contributed by atoms with van der Waals surface area (Å²) in [6, 6.07) is 20.5. The van der Waals surface area contributed by atoms with Gasteiger partial charge in [0, 0.05) is 23.1 Å². The van der Waals surface area contributed by atoms with E-state index in [0.29, 0.717) is 18.4 Å². The molecule has 3 aromatic carbocycles. The van der Waals surface area contributed by atoms with E-state index in [1.165, 1.54) is 0 Å². The molecule has 0 radical (unpaired) electrons. The largest absolute Gasteiger partial charge is 0.326 e. The van der Waals surface area contributed by atoms with Crippen LogP contribution in [0.3, 0.4) is 0 Å². The summed E-state index contributed by atoms with van der Waals surface area (Å²) in [6.45, 7) is 0. The molecule has 25 heavy (non-hydrogen) atoms. The maximum atomic E-state index is 12.2. The Morgan fingerprint density at radius 2 is 1.60 bits per heavy atom. The SMILES string of the molecule is O=C(CCc1ccc(C(=O)NO)cc1)Nc1cccc2ccccc12. The molecule has 5 nitrogen and oxygen atoms in total. The van der Waals surface area contributed by atoms with Crippen LogP contribution in [0.25, 0.3) is 10.8 Å². The number of hydroxylamine groups is 1. The fourth-order valence-electron chi connectivity index (χ4n) is 2.69. The molecule has 0 unspecified atom stereocenters. The first-order valence-electron chi connectivity index (χ1n) is 7.98. The highest BCUT2D eigenvalue weighted by atomic mass is 16.5. The Balaban J connectivity index is 1.62. The zero-order chi connectivity index (χ0) is 17.6. The molecule has 0 saturated heterocycles. The van der Waals surface area contributed by atoms with Crippen molar-refractivity contribution >= 4 is 28.3 Å². The number of anilines is 1. The van der Waals surface area contributed by atoms with E-state index in [-0.39, 0.29) is 5.91 Å². The monoisotopic (exact) mass is 334 g/mol. The quantitative estimate of drug-likeness (QED) is 0.493. The van der Waals surface area contributed by atoms with Crippen LogP contribution in [0.4, 0.5) is 5.69 Å². The molecule has 2 amide bonds. The van der Waals surface area contributed by atoms with Crippen molar-refractivity contribution in [2.75, 3.05) is 5.32 Å². The van der Waals surface area contributed by atoms with E-state index in [2.05, 4.69) is 5.32 Å². The summed E-state index contributed by atoms with van der Waals surface area (Å²) in [4.78, 5) is 23.5. The Morgan fingerprint density at radius 1 is 0.880 bits per heavy atom. The van der Waals surface area contributed by atoms with Gasteiger partial charge < -0.3 is 5.32 Å². The van der Waals surface area contributed by atoms with Gasteiger partial charge in [-0.05, 0) is 35.6 Å². The average Bonchev–Trinajstić information content (AvgIpc) is 2.66. The van der Waals surface area contributed by atoms with Crippen molar-refractivity contribution in [3.8, 4) is 0 Å². The summed E-state index contributed by atoms with van der Waals surface area (Å²) in [5.41, 5.74) is 3.71. The van der Waals surface area contributed by atoms with Gasteiger partial charge in [0.05, 0.1) is 0 Å². The van der Waals surface area contributed by atoms with Crippen LogP contribution in [0.1, 0.15) is 22.3 Å². The summed E-state index contributed by atoms with van der Waals surface area (Å²) in [5, 5.41) is 13.6. The molecule has 3 aromatic rings. The van der Waals surface area contributed by atoms with Crippen molar-refractivity contribution in [1.29, 1.82) is 0 Å². The number of carbonyl (C=O) groups is 2. The standard InChI is InChI=1S/C20H18N2O3/c23-19(13-10-14-8-11-16(12-9-14)20(24)22-25)21-18-7-3-5-15-4-1-2-6-17(15)18/h1-9,11-12,25H,10,13H2,(H,21,23)(H,22,24). The second-order valence-corrected chi connectivity index (χ2v) is 5.71. The highest BCUT2D eigenvalue weighted by molar-refractivity contribution is 6.02. The summed E-state index contributed by atoms with van der Waals surface area (Å²) < 4.78 is 0. The maximum Gasteiger partial charge on any atom is 0.274 e.